The number of rotatable bonds is 5. The molecule has 2 N–H and O–H groups in total. The van der Waals surface area contributed by atoms with Crippen molar-refractivity contribution in [2.45, 2.75) is 26.7 Å². The zero-order valence-corrected chi connectivity index (χ0v) is 10.2. The van der Waals surface area contributed by atoms with Crippen LogP contribution >= 0.6 is 0 Å². The average molecular weight is 231 g/mol. The summed E-state index contributed by atoms with van der Waals surface area (Å²) in [6.07, 6.45) is 7.35. The molecule has 0 unspecified atom stereocenters. The van der Waals surface area contributed by atoms with Crippen LogP contribution in [0.25, 0.3) is 0 Å². The number of aromatic nitrogens is 4. The Bertz CT molecular complexity index is 464. The molecule has 0 aliphatic heterocycles. The predicted octanol–water partition coefficient (Wildman–Crippen LogP) is 1.86. The molecule has 0 radical (unpaired) electrons. The van der Waals surface area contributed by atoms with Crippen molar-refractivity contribution in [1.82, 2.24) is 19.9 Å². The first-order valence-corrected chi connectivity index (χ1v) is 5.78. The molecule has 5 nitrogen and oxygen atoms in total. The lowest BCUT2D eigenvalue weighted by atomic mass is 10.3. The third kappa shape index (κ3) is 3.27. The maximum atomic E-state index is 4.41. The van der Waals surface area contributed by atoms with Gasteiger partial charge in [0.2, 0.25) is 0 Å². The van der Waals surface area contributed by atoms with Gasteiger partial charge in [-0.15, -0.1) is 0 Å². The highest BCUT2D eigenvalue weighted by atomic mass is 15.0. The fourth-order valence-corrected chi connectivity index (χ4v) is 1.53. The molecule has 0 aliphatic rings. The van der Waals surface area contributed by atoms with Crippen LogP contribution < -0.4 is 5.32 Å². The Kier molecular flexibility index (Phi) is 3.69. The first kappa shape index (κ1) is 11.6. The van der Waals surface area contributed by atoms with Gasteiger partial charge in [0.15, 0.2) is 0 Å². The summed E-state index contributed by atoms with van der Waals surface area (Å²) >= 11 is 0. The van der Waals surface area contributed by atoms with Gasteiger partial charge in [-0.25, -0.2) is 9.97 Å². The molecule has 90 valence electrons. The highest BCUT2D eigenvalue weighted by molar-refractivity contribution is 5.33. The molecule has 0 atom stereocenters. The Labute approximate surface area is 101 Å². The van der Waals surface area contributed by atoms with Crippen molar-refractivity contribution in [3.63, 3.8) is 0 Å². The second kappa shape index (κ2) is 5.43. The Morgan fingerprint density at radius 1 is 1.24 bits per heavy atom. The van der Waals surface area contributed by atoms with Gasteiger partial charge in [-0.3, -0.25) is 4.98 Å². The van der Waals surface area contributed by atoms with Gasteiger partial charge in [0.1, 0.15) is 11.6 Å². The smallest absolute Gasteiger partial charge is 0.144 e. The second-order valence-corrected chi connectivity index (χ2v) is 3.99. The standard InChI is InChI=1S/C12H17N5/c1-9-10(2)17-12(8-16-9)13-5-3-4-11-14-6-7-15-11/h6-8H,3-5H2,1-2H3,(H,13,17)(H,14,15). The number of anilines is 1. The van der Waals surface area contributed by atoms with Crippen molar-refractivity contribution < 1.29 is 0 Å². The van der Waals surface area contributed by atoms with E-state index >= 15 is 0 Å². The fourth-order valence-electron chi connectivity index (χ4n) is 1.53. The Morgan fingerprint density at radius 3 is 2.82 bits per heavy atom. The normalized spacial score (nSPS) is 10.5. The third-order valence-electron chi connectivity index (χ3n) is 2.64. The van der Waals surface area contributed by atoms with Crippen molar-refractivity contribution in [3.8, 4) is 0 Å². The molecule has 0 fully saturated rings. The highest BCUT2D eigenvalue weighted by Gasteiger charge is 1.99. The zero-order valence-electron chi connectivity index (χ0n) is 10.2. The van der Waals surface area contributed by atoms with Gasteiger partial charge in [0, 0.05) is 25.4 Å². The fraction of sp³-hybridized carbons (Fsp3) is 0.417. The lowest BCUT2D eigenvalue weighted by Gasteiger charge is -2.06. The molecule has 2 aromatic rings. The summed E-state index contributed by atoms with van der Waals surface area (Å²) in [6, 6.07) is 0. The topological polar surface area (TPSA) is 66.5 Å². The van der Waals surface area contributed by atoms with Crippen LogP contribution in [0.15, 0.2) is 18.6 Å². The van der Waals surface area contributed by atoms with Crippen LogP contribution in [0, 0.1) is 13.8 Å². The van der Waals surface area contributed by atoms with Crippen molar-refractivity contribution in [2.24, 2.45) is 0 Å². The molecule has 0 amide bonds. The minimum absolute atomic E-state index is 0.840. The van der Waals surface area contributed by atoms with E-state index in [0.717, 1.165) is 42.4 Å². The van der Waals surface area contributed by atoms with Crippen molar-refractivity contribution >= 4 is 5.82 Å². The molecule has 0 aromatic carbocycles. The molecule has 2 aromatic heterocycles. The van der Waals surface area contributed by atoms with E-state index in [2.05, 4.69) is 25.3 Å². The van der Waals surface area contributed by atoms with Crippen LogP contribution in [0.4, 0.5) is 5.82 Å². The largest absolute Gasteiger partial charge is 0.369 e. The quantitative estimate of drug-likeness (QED) is 0.771. The molecule has 0 saturated heterocycles. The number of aromatic amines is 1. The Morgan fingerprint density at radius 2 is 2.12 bits per heavy atom. The number of nitrogens with zero attached hydrogens (tertiary/aromatic N) is 3. The maximum Gasteiger partial charge on any atom is 0.144 e. The predicted molar refractivity (Wildman–Crippen MR) is 66.9 cm³/mol. The molecular weight excluding hydrogens is 214 g/mol. The SMILES string of the molecule is Cc1ncc(NCCCc2ncc[nH]2)nc1C. The molecule has 2 heterocycles. The first-order valence-electron chi connectivity index (χ1n) is 5.78. The van der Waals surface area contributed by atoms with E-state index in [4.69, 9.17) is 0 Å². The second-order valence-electron chi connectivity index (χ2n) is 3.99. The summed E-state index contributed by atoms with van der Waals surface area (Å²) in [5.74, 6) is 1.87. The third-order valence-corrected chi connectivity index (χ3v) is 2.64. The number of imidazole rings is 1. The summed E-state index contributed by atoms with van der Waals surface area (Å²) in [6.45, 7) is 4.80. The van der Waals surface area contributed by atoms with E-state index in [9.17, 15) is 0 Å². The lowest BCUT2D eigenvalue weighted by molar-refractivity contribution is 0.812. The van der Waals surface area contributed by atoms with Crippen LogP contribution in [-0.2, 0) is 6.42 Å². The highest BCUT2D eigenvalue weighted by Crippen LogP contribution is 2.05. The first-order chi connectivity index (χ1) is 8.25. The van der Waals surface area contributed by atoms with E-state index < -0.39 is 0 Å². The molecule has 0 saturated carbocycles. The summed E-state index contributed by atoms with van der Waals surface area (Å²) < 4.78 is 0. The monoisotopic (exact) mass is 231 g/mol. The van der Waals surface area contributed by atoms with Crippen molar-refractivity contribution in [1.29, 1.82) is 0 Å². The number of hydrogen-bond donors (Lipinski definition) is 2. The summed E-state index contributed by atoms with van der Waals surface area (Å²) in [5, 5.41) is 3.26. The molecule has 17 heavy (non-hydrogen) atoms. The molecule has 2 rings (SSSR count). The zero-order chi connectivity index (χ0) is 12.1. The summed E-state index contributed by atoms with van der Waals surface area (Å²) in [7, 11) is 0. The number of hydrogen-bond acceptors (Lipinski definition) is 4. The minimum Gasteiger partial charge on any atom is -0.369 e. The number of H-pyrrole nitrogens is 1. The van der Waals surface area contributed by atoms with E-state index in [-0.39, 0.29) is 0 Å². The van der Waals surface area contributed by atoms with Crippen LogP contribution in [0.5, 0.6) is 0 Å². The van der Waals surface area contributed by atoms with E-state index in [1.165, 1.54) is 0 Å². The van der Waals surface area contributed by atoms with Gasteiger partial charge < -0.3 is 10.3 Å². The van der Waals surface area contributed by atoms with Crippen molar-refractivity contribution in [3.05, 3.63) is 35.8 Å². The van der Waals surface area contributed by atoms with E-state index in [1.807, 2.05) is 20.0 Å². The van der Waals surface area contributed by atoms with Gasteiger partial charge >= 0.3 is 0 Å². The summed E-state index contributed by atoms with van der Waals surface area (Å²) in [5.41, 5.74) is 1.95. The van der Waals surface area contributed by atoms with Crippen LogP contribution in [-0.4, -0.2) is 26.5 Å². The van der Waals surface area contributed by atoms with Crippen LogP contribution in [0.2, 0.25) is 0 Å². The van der Waals surface area contributed by atoms with E-state index in [0.29, 0.717) is 0 Å². The molecule has 0 bridgehead atoms. The van der Waals surface area contributed by atoms with Crippen LogP contribution in [0.1, 0.15) is 23.6 Å². The van der Waals surface area contributed by atoms with Crippen molar-refractivity contribution in [2.75, 3.05) is 11.9 Å². The molecule has 5 heteroatoms. The molecular formula is C12H17N5. The Balaban J connectivity index is 1.76. The van der Waals surface area contributed by atoms with Gasteiger partial charge in [-0.05, 0) is 20.3 Å². The van der Waals surface area contributed by atoms with Gasteiger partial charge in [0.05, 0.1) is 17.6 Å². The number of nitrogens with one attached hydrogen (secondary N) is 2. The van der Waals surface area contributed by atoms with E-state index in [1.54, 1.807) is 12.4 Å². The average Bonchev–Trinajstić information content (AvgIpc) is 2.82. The number of aryl methyl sites for hydroxylation is 3. The lowest BCUT2D eigenvalue weighted by Crippen LogP contribution is -2.06. The van der Waals surface area contributed by atoms with Gasteiger partial charge in [-0.1, -0.05) is 0 Å². The minimum atomic E-state index is 0.840. The molecule has 0 spiro atoms. The molecule has 0 aliphatic carbocycles. The van der Waals surface area contributed by atoms with Gasteiger partial charge in [0.25, 0.3) is 0 Å². The maximum absolute atomic E-state index is 4.41. The Hall–Kier alpha value is -1.91. The van der Waals surface area contributed by atoms with Crippen LogP contribution in [0.3, 0.4) is 0 Å². The van der Waals surface area contributed by atoms with Gasteiger partial charge in [-0.2, -0.15) is 0 Å². The summed E-state index contributed by atoms with van der Waals surface area (Å²) in [4.78, 5) is 15.9.